The number of rotatable bonds is 9. The topological polar surface area (TPSA) is 78.4 Å². The molecule has 0 aromatic heterocycles. The van der Waals surface area contributed by atoms with E-state index in [1.54, 1.807) is 6.92 Å². The molecule has 0 aliphatic heterocycles. The average Bonchev–Trinajstić information content (AvgIpc) is 2.31. The maximum atomic E-state index is 11.2. The van der Waals surface area contributed by atoms with Gasteiger partial charge in [-0.25, -0.2) is 0 Å². The molecule has 5 heteroatoms. The van der Waals surface area contributed by atoms with Crippen molar-refractivity contribution < 1.29 is 14.7 Å². The van der Waals surface area contributed by atoms with Crippen molar-refractivity contribution in [2.24, 2.45) is 0 Å². The molecule has 0 saturated heterocycles. The summed E-state index contributed by atoms with van der Waals surface area (Å²) >= 11 is 0. The van der Waals surface area contributed by atoms with Crippen molar-refractivity contribution in [3.05, 3.63) is 0 Å². The molecular formula is C12H24N2O3. The highest BCUT2D eigenvalue weighted by Crippen LogP contribution is 2.15. The van der Waals surface area contributed by atoms with Gasteiger partial charge in [0.05, 0.1) is 6.54 Å². The number of carbonyl (C=O) groups is 2. The van der Waals surface area contributed by atoms with Gasteiger partial charge in [0.2, 0.25) is 5.91 Å². The first-order valence-corrected chi connectivity index (χ1v) is 6.15. The zero-order valence-corrected chi connectivity index (χ0v) is 11.0. The SMILES string of the molecule is CCCCCCC(C)(NCC(=O)NC)C(=O)O. The minimum Gasteiger partial charge on any atom is -0.480 e. The third kappa shape index (κ3) is 6.26. The number of nitrogens with one attached hydrogen (secondary N) is 2. The van der Waals surface area contributed by atoms with Crippen LogP contribution in [0, 0.1) is 0 Å². The summed E-state index contributed by atoms with van der Waals surface area (Å²) in [5, 5.41) is 14.5. The molecule has 0 radical (unpaired) electrons. The van der Waals surface area contributed by atoms with Crippen LogP contribution in [-0.2, 0) is 9.59 Å². The molecule has 0 rings (SSSR count). The van der Waals surface area contributed by atoms with Crippen LogP contribution in [0.25, 0.3) is 0 Å². The summed E-state index contributed by atoms with van der Waals surface area (Å²) in [6, 6.07) is 0. The number of amides is 1. The van der Waals surface area contributed by atoms with Gasteiger partial charge in [-0.2, -0.15) is 0 Å². The number of carbonyl (C=O) groups excluding carboxylic acids is 1. The Morgan fingerprint density at radius 1 is 1.24 bits per heavy atom. The Hall–Kier alpha value is -1.10. The Bertz CT molecular complexity index is 256. The molecule has 0 saturated carbocycles. The molecular weight excluding hydrogens is 220 g/mol. The number of carboxylic acid groups (broad SMARTS) is 1. The number of likely N-dealkylation sites (N-methyl/N-ethyl adjacent to an activating group) is 1. The van der Waals surface area contributed by atoms with Crippen LogP contribution in [0.4, 0.5) is 0 Å². The lowest BCUT2D eigenvalue weighted by molar-refractivity contribution is -0.144. The molecule has 5 nitrogen and oxygen atoms in total. The Morgan fingerprint density at radius 3 is 2.35 bits per heavy atom. The minimum atomic E-state index is -1.01. The lowest BCUT2D eigenvalue weighted by Crippen LogP contribution is -2.52. The zero-order chi connectivity index (χ0) is 13.3. The van der Waals surface area contributed by atoms with Crippen LogP contribution in [0.5, 0.6) is 0 Å². The van der Waals surface area contributed by atoms with Crippen molar-refractivity contribution in [1.82, 2.24) is 10.6 Å². The fourth-order valence-corrected chi connectivity index (χ4v) is 1.54. The standard InChI is InChI=1S/C12H24N2O3/c1-4-5-6-7-8-12(2,11(16)17)14-9-10(15)13-3/h14H,4-9H2,1-3H3,(H,13,15)(H,16,17). The van der Waals surface area contributed by atoms with Crippen molar-refractivity contribution >= 4 is 11.9 Å². The fraction of sp³-hybridized carbons (Fsp3) is 0.833. The predicted octanol–water partition coefficient (Wildman–Crippen LogP) is 1.14. The molecule has 17 heavy (non-hydrogen) atoms. The van der Waals surface area contributed by atoms with Crippen LogP contribution in [0.3, 0.4) is 0 Å². The van der Waals surface area contributed by atoms with E-state index in [9.17, 15) is 14.7 Å². The minimum absolute atomic E-state index is 0.0348. The van der Waals surface area contributed by atoms with Gasteiger partial charge in [-0.05, 0) is 13.3 Å². The molecule has 1 atom stereocenters. The number of unbranched alkanes of at least 4 members (excludes halogenated alkanes) is 3. The molecule has 0 aliphatic carbocycles. The van der Waals surface area contributed by atoms with Crippen LogP contribution < -0.4 is 10.6 Å². The number of aliphatic carboxylic acids is 1. The van der Waals surface area contributed by atoms with E-state index in [-0.39, 0.29) is 12.5 Å². The molecule has 100 valence electrons. The van der Waals surface area contributed by atoms with Crippen LogP contribution in [-0.4, -0.2) is 36.1 Å². The van der Waals surface area contributed by atoms with Gasteiger partial charge in [0.25, 0.3) is 0 Å². The smallest absolute Gasteiger partial charge is 0.323 e. The van der Waals surface area contributed by atoms with Gasteiger partial charge in [0.15, 0.2) is 0 Å². The van der Waals surface area contributed by atoms with E-state index >= 15 is 0 Å². The lowest BCUT2D eigenvalue weighted by Gasteiger charge is -2.26. The number of carboxylic acids is 1. The van der Waals surface area contributed by atoms with Crippen molar-refractivity contribution in [2.45, 2.75) is 51.5 Å². The highest BCUT2D eigenvalue weighted by atomic mass is 16.4. The van der Waals surface area contributed by atoms with Crippen LogP contribution in [0.1, 0.15) is 46.0 Å². The molecule has 0 spiro atoms. The molecule has 0 bridgehead atoms. The molecule has 0 aliphatic rings. The first-order valence-electron chi connectivity index (χ1n) is 6.15. The monoisotopic (exact) mass is 244 g/mol. The van der Waals surface area contributed by atoms with Gasteiger partial charge in [-0.15, -0.1) is 0 Å². The van der Waals surface area contributed by atoms with E-state index in [4.69, 9.17) is 0 Å². The molecule has 0 aromatic carbocycles. The third-order valence-electron chi connectivity index (χ3n) is 2.92. The summed E-state index contributed by atoms with van der Waals surface area (Å²) in [5.41, 5.74) is -1.01. The lowest BCUT2D eigenvalue weighted by atomic mass is 9.94. The third-order valence-corrected chi connectivity index (χ3v) is 2.92. The predicted molar refractivity (Wildman–Crippen MR) is 66.9 cm³/mol. The summed E-state index contributed by atoms with van der Waals surface area (Å²) in [4.78, 5) is 22.3. The van der Waals surface area contributed by atoms with Gasteiger partial charge in [0.1, 0.15) is 5.54 Å². The van der Waals surface area contributed by atoms with Crippen molar-refractivity contribution in [1.29, 1.82) is 0 Å². The largest absolute Gasteiger partial charge is 0.480 e. The number of hydrogen-bond acceptors (Lipinski definition) is 3. The van der Waals surface area contributed by atoms with E-state index in [0.717, 1.165) is 25.7 Å². The second-order valence-corrected chi connectivity index (χ2v) is 4.47. The van der Waals surface area contributed by atoms with Crippen LogP contribution in [0.15, 0.2) is 0 Å². The molecule has 1 unspecified atom stereocenters. The van der Waals surface area contributed by atoms with E-state index in [1.165, 1.54) is 7.05 Å². The second kappa shape index (κ2) is 8.06. The Morgan fingerprint density at radius 2 is 1.88 bits per heavy atom. The normalized spacial score (nSPS) is 14.1. The summed E-state index contributed by atoms with van der Waals surface area (Å²) in [7, 11) is 1.53. The fourth-order valence-electron chi connectivity index (χ4n) is 1.54. The summed E-state index contributed by atoms with van der Waals surface area (Å²) in [6.45, 7) is 3.78. The maximum Gasteiger partial charge on any atom is 0.323 e. The van der Waals surface area contributed by atoms with Crippen molar-refractivity contribution in [3.8, 4) is 0 Å². The highest BCUT2D eigenvalue weighted by molar-refractivity contribution is 5.81. The molecule has 3 N–H and O–H groups in total. The molecule has 0 heterocycles. The first kappa shape index (κ1) is 15.9. The van der Waals surface area contributed by atoms with E-state index in [2.05, 4.69) is 17.6 Å². The van der Waals surface area contributed by atoms with Crippen molar-refractivity contribution in [2.75, 3.05) is 13.6 Å². The highest BCUT2D eigenvalue weighted by Gasteiger charge is 2.32. The van der Waals surface area contributed by atoms with E-state index < -0.39 is 11.5 Å². The van der Waals surface area contributed by atoms with Gasteiger partial charge in [-0.1, -0.05) is 32.6 Å². The molecule has 1 amide bonds. The van der Waals surface area contributed by atoms with E-state index in [0.29, 0.717) is 6.42 Å². The quantitative estimate of drug-likeness (QED) is 0.531. The summed E-state index contributed by atoms with van der Waals surface area (Å²) in [5.74, 6) is -1.11. The summed E-state index contributed by atoms with van der Waals surface area (Å²) in [6.07, 6.45) is 4.67. The Kier molecular flexibility index (Phi) is 7.54. The zero-order valence-electron chi connectivity index (χ0n) is 11.0. The Labute approximate surface area is 103 Å². The number of hydrogen-bond donors (Lipinski definition) is 3. The van der Waals surface area contributed by atoms with Gasteiger partial charge in [0, 0.05) is 7.05 Å². The molecule has 0 aromatic rings. The Balaban J connectivity index is 4.16. The second-order valence-electron chi connectivity index (χ2n) is 4.47. The van der Waals surface area contributed by atoms with Gasteiger partial charge < -0.3 is 10.4 Å². The van der Waals surface area contributed by atoms with Crippen LogP contribution >= 0.6 is 0 Å². The van der Waals surface area contributed by atoms with E-state index in [1.807, 2.05) is 0 Å². The maximum absolute atomic E-state index is 11.2. The van der Waals surface area contributed by atoms with Gasteiger partial charge >= 0.3 is 5.97 Å². The van der Waals surface area contributed by atoms with Crippen LogP contribution in [0.2, 0.25) is 0 Å². The summed E-state index contributed by atoms with van der Waals surface area (Å²) < 4.78 is 0. The first-order chi connectivity index (χ1) is 7.96. The van der Waals surface area contributed by atoms with Gasteiger partial charge in [-0.3, -0.25) is 14.9 Å². The molecule has 0 fully saturated rings. The average molecular weight is 244 g/mol. The van der Waals surface area contributed by atoms with Crippen molar-refractivity contribution in [3.63, 3.8) is 0 Å².